The third kappa shape index (κ3) is 7.81. The lowest BCUT2D eigenvalue weighted by Crippen LogP contribution is -2.25. The minimum atomic E-state index is -0.780. The Kier molecular flexibility index (Phi) is 9.17. The van der Waals surface area contributed by atoms with Gasteiger partial charge < -0.3 is 19.3 Å². The van der Waals surface area contributed by atoms with E-state index in [1.54, 1.807) is 12.1 Å². The molecular formula is C30H33N3O6. The fourth-order valence-corrected chi connectivity index (χ4v) is 4.09. The standard InChI is InChI=1S/C30H33N3O6/c1-20(2)37-15-5-14-31-28(34)25-10-13-27(21(3)16-25)24-7-4-6-23(17-24)19-38-26-11-8-22(9-12-26)18-33-29(35)32-30(36)39-33/h4,6-13,16-17,20H,5,14-15,18-19H2,1-3H3,(H,31,34)(H,32,35,36). The molecule has 4 aromatic rings. The number of aryl methyl sites for hydroxylation is 1. The molecule has 9 nitrogen and oxygen atoms in total. The van der Waals surface area contributed by atoms with Gasteiger partial charge in [-0.25, -0.2) is 14.6 Å². The maximum Gasteiger partial charge on any atom is 0.440 e. The molecule has 0 atom stereocenters. The van der Waals surface area contributed by atoms with Crippen molar-refractivity contribution in [3.63, 3.8) is 0 Å². The Morgan fingerprint density at radius 2 is 1.82 bits per heavy atom. The molecule has 1 amide bonds. The normalized spacial score (nSPS) is 11.1. The first kappa shape index (κ1) is 27.7. The second-order valence-electron chi connectivity index (χ2n) is 9.54. The number of ether oxygens (including phenoxy) is 2. The van der Waals surface area contributed by atoms with Crippen molar-refractivity contribution in [3.8, 4) is 16.9 Å². The summed E-state index contributed by atoms with van der Waals surface area (Å²) < 4.78 is 17.2. The molecule has 9 heteroatoms. The number of nitrogens with zero attached hydrogens (tertiary/aromatic N) is 1. The molecule has 0 radical (unpaired) electrons. The van der Waals surface area contributed by atoms with E-state index in [0.29, 0.717) is 31.1 Å². The van der Waals surface area contributed by atoms with Gasteiger partial charge in [-0.3, -0.25) is 4.79 Å². The highest BCUT2D eigenvalue weighted by atomic mass is 16.5. The maximum absolute atomic E-state index is 12.5. The Bertz CT molecular complexity index is 1510. The molecule has 0 aliphatic rings. The van der Waals surface area contributed by atoms with Gasteiger partial charge in [-0.1, -0.05) is 36.4 Å². The van der Waals surface area contributed by atoms with Crippen molar-refractivity contribution >= 4 is 5.91 Å². The smallest absolute Gasteiger partial charge is 0.440 e. The van der Waals surface area contributed by atoms with Crippen LogP contribution in [0, 0.1) is 6.92 Å². The second kappa shape index (κ2) is 12.9. The summed E-state index contributed by atoms with van der Waals surface area (Å²) in [6.07, 6.45) is 0.962. The number of H-pyrrole nitrogens is 1. The monoisotopic (exact) mass is 531 g/mol. The summed E-state index contributed by atoms with van der Waals surface area (Å²) in [6, 6.07) is 21.1. The number of aromatic amines is 1. The zero-order chi connectivity index (χ0) is 27.8. The maximum atomic E-state index is 12.5. The van der Waals surface area contributed by atoms with Gasteiger partial charge in [0.2, 0.25) is 0 Å². The molecule has 0 saturated carbocycles. The largest absolute Gasteiger partial charge is 0.489 e. The number of aromatic nitrogens is 2. The molecule has 0 spiro atoms. The van der Waals surface area contributed by atoms with Crippen LogP contribution in [0.4, 0.5) is 0 Å². The highest BCUT2D eigenvalue weighted by Crippen LogP contribution is 2.26. The molecule has 39 heavy (non-hydrogen) atoms. The third-order valence-corrected chi connectivity index (χ3v) is 6.07. The Labute approximate surface area is 226 Å². The summed E-state index contributed by atoms with van der Waals surface area (Å²) in [6.45, 7) is 7.70. The van der Waals surface area contributed by atoms with E-state index in [0.717, 1.165) is 39.0 Å². The molecular weight excluding hydrogens is 498 g/mol. The van der Waals surface area contributed by atoms with Gasteiger partial charge in [0.05, 0.1) is 12.6 Å². The predicted molar refractivity (Wildman–Crippen MR) is 148 cm³/mol. The molecule has 0 unspecified atom stereocenters. The number of nitrogens with one attached hydrogen (secondary N) is 2. The van der Waals surface area contributed by atoms with Gasteiger partial charge in [0.1, 0.15) is 12.4 Å². The molecule has 0 bridgehead atoms. The van der Waals surface area contributed by atoms with Gasteiger partial charge in [0.15, 0.2) is 0 Å². The first-order valence-electron chi connectivity index (χ1n) is 12.9. The molecule has 0 aliphatic heterocycles. The summed E-state index contributed by atoms with van der Waals surface area (Å²) >= 11 is 0. The summed E-state index contributed by atoms with van der Waals surface area (Å²) in [4.78, 5) is 37.3. The van der Waals surface area contributed by atoms with Gasteiger partial charge in [-0.05, 0) is 85.3 Å². The van der Waals surface area contributed by atoms with Gasteiger partial charge in [-0.2, -0.15) is 0 Å². The number of hydrogen-bond acceptors (Lipinski definition) is 6. The Morgan fingerprint density at radius 1 is 1.03 bits per heavy atom. The van der Waals surface area contributed by atoms with Crippen molar-refractivity contribution in [2.24, 2.45) is 0 Å². The van der Waals surface area contributed by atoms with Crippen LogP contribution in [0.25, 0.3) is 11.1 Å². The lowest BCUT2D eigenvalue weighted by molar-refractivity contribution is 0.0757. The number of amides is 1. The van der Waals surface area contributed by atoms with E-state index in [1.807, 2.05) is 69.3 Å². The molecule has 1 heterocycles. The van der Waals surface area contributed by atoms with Crippen LogP contribution in [0.3, 0.4) is 0 Å². The Hall–Kier alpha value is -4.37. The van der Waals surface area contributed by atoms with Crippen molar-refractivity contribution in [1.82, 2.24) is 15.0 Å². The zero-order valence-electron chi connectivity index (χ0n) is 22.4. The quantitative estimate of drug-likeness (QED) is 0.264. The SMILES string of the molecule is Cc1cc(C(=O)NCCCOC(C)C)ccc1-c1cccc(COc2ccc(Cn3oc(=O)[nH]c3=O)cc2)c1. The van der Waals surface area contributed by atoms with E-state index in [1.165, 1.54) is 0 Å². The van der Waals surface area contributed by atoms with Gasteiger partial charge in [-0.15, -0.1) is 4.74 Å². The van der Waals surface area contributed by atoms with E-state index in [2.05, 4.69) is 16.4 Å². The number of hydrogen-bond donors (Lipinski definition) is 2. The molecule has 0 aliphatic carbocycles. The molecule has 4 rings (SSSR count). The van der Waals surface area contributed by atoms with E-state index in [9.17, 15) is 14.4 Å². The van der Waals surface area contributed by atoms with Gasteiger partial charge in [0.25, 0.3) is 5.91 Å². The molecule has 1 aromatic heterocycles. The van der Waals surface area contributed by atoms with E-state index in [-0.39, 0.29) is 18.6 Å². The van der Waals surface area contributed by atoms with Crippen molar-refractivity contribution in [1.29, 1.82) is 0 Å². The van der Waals surface area contributed by atoms with Crippen molar-refractivity contribution < 1.29 is 18.8 Å². The average molecular weight is 532 g/mol. The average Bonchev–Trinajstić information content (AvgIpc) is 3.23. The van der Waals surface area contributed by atoms with Crippen molar-refractivity contribution in [2.45, 2.75) is 46.4 Å². The van der Waals surface area contributed by atoms with Crippen LogP contribution in [0.5, 0.6) is 5.75 Å². The van der Waals surface area contributed by atoms with Crippen LogP contribution in [-0.4, -0.2) is 34.9 Å². The Morgan fingerprint density at radius 3 is 2.51 bits per heavy atom. The summed E-state index contributed by atoms with van der Waals surface area (Å²) in [7, 11) is 0. The Balaban J connectivity index is 1.33. The lowest BCUT2D eigenvalue weighted by atomic mass is 9.97. The van der Waals surface area contributed by atoms with Crippen LogP contribution in [0.1, 0.15) is 47.3 Å². The topological polar surface area (TPSA) is 116 Å². The molecule has 0 fully saturated rings. The number of rotatable bonds is 12. The van der Waals surface area contributed by atoms with Crippen molar-refractivity contribution in [2.75, 3.05) is 13.2 Å². The minimum Gasteiger partial charge on any atom is -0.489 e. The third-order valence-electron chi connectivity index (χ3n) is 6.07. The number of carbonyl (C=O) groups is 1. The van der Waals surface area contributed by atoms with Crippen LogP contribution in [0.2, 0.25) is 0 Å². The van der Waals surface area contributed by atoms with E-state index >= 15 is 0 Å². The predicted octanol–water partition coefficient (Wildman–Crippen LogP) is 4.28. The first-order chi connectivity index (χ1) is 18.8. The summed E-state index contributed by atoms with van der Waals surface area (Å²) in [5.74, 6) is -0.195. The van der Waals surface area contributed by atoms with E-state index < -0.39 is 11.4 Å². The van der Waals surface area contributed by atoms with Crippen LogP contribution >= 0.6 is 0 Å². The second-order valence-corrected chi connectivity index (χ2v) is 9.54. The fourth-order valence-electron chi connectivity index (χ4n) is 4.09. The van der Waals surface area contributed by atoms with Crippen LogP contribution < -0.4 is 21.5 Å². The van der Waals surface area contributed by atoms with Gasteiger partial charge >= 0.3 is 11.4 Å². The van der Waals surface area contributed by atoms with Crippen molar-refractivity contribution in [3.05, 3.63) is 110 Å². The minimum absolute atomic E-state index is 0.0907. The summed E-state index contributed by atoms with van der Waals surface area (Å²) in [5.41, 5.74) is 4.94. The van der Waals surface area contributed by atoms with Gasteiger partial charge in [0, 0.05) is 18.7 Å². The number of benzene rings is 3. The first-order valence-corrected chi connectivity index (χ1v) is 12.9. The lowest BCUT2D eigenvalue weighted by Gasteiger charge is -2.12. The molecule has 204 valence electrons. The fraction of sp³-hybridized carbons (Fsp3) is 0.300. The molecule has 0 saturated heterocycles. The molecule has 2 N–H and O–H groups in total. The highest BCUT2D eigenvalue weighted by Gasteiger charge is 2.10. The van der Waals surface area contributed by atoms with Crippen LogP contribution in [0.15, 0.2) is 80.8 Å². The highest BCUT2D eigenvalue weighted by molar-refractivity contribution is 5.95. The molecule has 3 aromatic carbocycles. The zero-order valence-corrected chi connectivity index (χ0v) is 22.4. The summed E-state index contributed by atoms with van der Waals surface area (Å²) in [5, 5.41) is 2.95. The number of carbonyl (C=O) groups excluding carboxylic acids is 1. The van der Waals surface area contributed by atoms with Crippen LogP contribution in [-0.2, 0) is 17.9 Å². The van der Waals surface area contributed by atoms with E-state index in [4.69, 9.17) is 14.0 Å².